The molecule has 1 atom stereocenters. The topological polar surface area (TPSA) is 96.7 Å². The van der Waals surface area contributed by atoms with Crippen LogP contribution in [0.2, 0.25) is 0 Å². The second-order valence-electron chi connectivity index (χ2n) is 6.81. The van der Waals surface area contributed by atoms with Crippen LogP contribution in [0.5, 0.6) is 0 Å². The second kappa shape index (κ2) is 7.92. The molecule has 25 heavy (non-hydrogen) atoms. The predicted octanol–water partition coefficient (Wildman–Crippen LogP) is 1.51. The molecule has 0 amide bonds. The predicted molar refractivity (Wildman–Crippen MR) is 95.1 cm³/mol. The summed E-state index contributed by atoms with van der Waals surface area (Å²) in [6.07, 6.45) is 5.41. The highest BCUT2D eigenvalue weighted by Crippen LogP contribution is 2.33. The van der Waals surface area contributed by atoms with E-state index in [9.17, 15) is 10.1 Å². The zero-order valence-electron chi connectivity index (χ0n) is 14.8. The van der Waals surface area contributed by atoms with Crippen LogP contribution in [0, 0.1) is 10.1 Å². The first kappa shape index (κ1) is 17.8. The zero-order valence-corrected chi connectivity index (χ0v) is 14.8. The van der Waals surface area contributed by atoms with Crippen molar-refractivity contribution in [3.8, 4) is 0 Å². The monoisotopic (exact) mass is 350 g/mol. The van der Waals surface area contributed by atoms with E-state index >= 15 is 0 Å². The lowest BCUT2D eigenvalue weighted by atomic mass is 10.0. The van der Waals surface area contributed by atoms with Gasteiger partial charge in [-0.2, -0.15) is 0 Å². The molecular formula is C16H26N6O3. The fourth-order valence-electron chi connectivity index (χ4n) is 3.50. The van der Waals surface area contributed by atoms with Crippen molar-refractivity contribution < 1.29 is 9.66 Å². The van der Waals surface area contributed by atoms with Gasteiger partial charge in [-0.15, -0.1) is 0 Å². The molecule has 3 rings (SSSR count). The van der Waals surface area contributed by atoms with Crippen LogP contribution < -0.4 is 10.2 Å². The quantitative estimate of drug-likeness (QED) is 0.609. The van der Waals surface area contributed by atoms with Crippen molar-refractivity contribution >= 4 is 17.3 Å². The molecule has 0 spiro atoms. The van der Waals surface area contributed by atoms with E-state index < -0.39 is 4.92 Å². The maximum Gasteiger partial charge on any atom is 0.353 e. The average Bonchev–Trinajstić information content (AvgIpc) is 3.13. The number of hydrogen-bond donors (Lipinski definition) is 1. The van der Waals surface area contributed by atoms with Crippen LogP contribution in [0.15, 0.2) is 6.33 Å². The largest absolute Gasteiger partial charge is 0.376 e. The Bertz CT molecular complexity index is 600. The van der Waals surface area contributed by atoms with E-state index in [-0.39, 0.29) is 23.7 Å². The summed E-state index contributed by atoms with van der Waals surface area (Å²) < 4.78 is 5.57. The average molecular weight is 350 g/mol. The molecule has 1 unspecified atom stereocenters. The molecule has 0 aromatic carbocycles. The molecular weight excluding hydrogens is 324 g/mol. The van der Waals surface area contributed by atoms with Gasteiger partial charge >= 0.3 is 5.69 Å². The number of anilines is 2. The van der Waals surface area contributed by atoms with Crippen molar-refractivity contribution in [1.29, 1.82) is 0 Å². The number of nitrogens with one attached hydrogen (secondary N) is 1. The van der Waals surface area contributed by atoms with Gasteiger partial charge in [0.2, 0.25) is 11.6 Å². The smallest absolute Gasteiger partial charge is 0.353 e. The van der Waals surface area contributed by atoms with Gasteiger partial charge in [-0.05, 0) is 45.8 Å². The third-order valence-electron chi connectivity index (χ3n) is 5.08. The van der Waals surface area contributed by atoms with Gasteiger partial charge in [0.15, 0.2) is 0 Å². The highest BCUT2D eigenvalue weighted by atomic mass is 16.6. The van der Waals surface area contributed by atoms with Crippen LogP contribution in [0.3, 0.4) is 0 Å². The van der Waals surface area contributed by atoms with Crippen molar-refractivity contribution in [3.05, 3.63) is 16.4 Å². The summed E-state index contributed by atoms with van der Waals surface area (Å²) in [4.78, 5) is 23.8. The maximum absolute atomic E-state index is 11.7. The maximum atomic E-state index is 11.7. The molecule has 2 aliphatic rings. The fraction of sp³-hybridized carbons (Fsp3) is 0.750. The van der Waals surface area contributed by atoms with Gasteiger partial charge in [0.1, 0.15) is 6.33 Å². The first-order chi connectivity index (χ1) is 12.1. The van der Waals surface area contributed by atoms with Crippen molar-refractivity contribution in [2.75, 3.05) is 50.6 Å². The molecule has 0 aliphatic carbocycles. The number of piperidine rings is 1. The second-order valence-corrected chi connectivity index (χ2v) is 6.81. The number of nitro groups is 1. The van der Waals surface area contributed by atoms with Crippen molar-refractivity contribution in [1.82, 2.24) is 14.9 Å². The summed E-state index contributed by atoms with van der Waals surface area (Å²) in [5.41, 5.74) is -0.0538. The molecule has 2 aliphatic heterocycles. The van der Waals surface area contributed by atoms with Gasteiger partial charge < -0.3 is 19.9 Å². The van der Waals surface area contributed by atoms with Crippen molar-refractivity contribution in [2.24, 2.45) is 0 Å². The number of aromatic nitrogens is 2. The minimum Gasteiger partial charge on any atom is -0.376 e. The molecule has 0 bridgehead atoms. The van der Waals surface area contributed by atoms with Crippen LogP contribution in [-0.2, 0) is 4.74 Å². The zero-order chi connectivity index (χ0) is 17.8. The third kappa shape index (κ3) is 4.16. The van der Waals surface area contributed by atoms with Gasteiger partial charge in [-0.25, -0.2) is 9.97 Å². The lowest BCUT2D eigenvalue weighted by molar-refractivity contribution is -0.383. The first-order valence-electron chi connectivity index (χ1n) is 8.82. The van der Waals surface area contributed by atoms with E-state index in [4.69, 9.17) is 4.74 Å². The minimum atomic E-state index is -0.390. The molecule has 9 nitrogen and oxygen atoms in total. The Labute approximate surface area is 147 Å². The summed E-state index contributed by atoms with van der Waals surface area (Å²) in [5.74, 6) is 0.648. The summed E-state index contributed by atoms with van der Waals surface area (Å²) in [7, 11) is 3.98. The first-order valence-corrected chi connectivity index (χ1v) is 8.82. The van der Waals surface area contributed by atoms with E-state index in [1.54, 1.807) is 0 Å². The van der Waals surface area contributed by atoms with Crippen LogP contribution in [0.25, 0.3) is 0 Å². The summed E-state index contributed by atoms with van der Waals surface area (Å²) in [6, 6.07) is 0.246. The number of nitrogens with zero attached hydrogens (tertiary/aromatic N) is 5. The van der Waals surface area contributed by atoms with E-state index in [1.165, 1.54) is 6.33 Å². The number of ether oxygens (including phenoxy) is 1. The lowest BCUT2D eigenvalue weighted by Crippen LogP contribution is -2.42. The molecule has 1 N–H and O–H groups in total. The molecule has 1 aromatic heterocycles. The van der Waals surface area contributed by atoms with Gasteiger partial charge in [0.05, 0.1) is 11.0 Å². The fourth-order valence-corrected chi connectivity index (χ4v) is 3.50. The summed E-state index contributed by atoms with van der Waals surface area (Å²) >= 11 is 0. The van der Waals surface area contributed by atoms with E-state index in [1.807, 2.05) is 11.9 Å². The van der Waals surface area contributed by atoms with E-state index in [0.29, 0.717) is 12.4 Å². The minimum absolute atomic E-state index is 0.0538. The molecule has 3 heterocycles. The van der Waals surface area contributed by atoms with Crippen molar-refractivity contribution in [3.63, 3.8) is 0 Å². The van der Waals surface area contributed by atoms with E-state index in [2.05, 4.69) is 27.2 Å². The Hall–Kier alpha value is -2.00. The summed E-state index contributed by atoms with van der Waals surface area (Å²) in [5, 5.41) is 14.8. The molecule has 1 aromatic rings. The SMILES string of the molecule is CN1CCC(N(C)c2ncnc(NCC3CCCO3)c2[N+](=O)[O-])CC1. The Balaban J connectivity index is 1.78. The van der Waals surface area contributed by atoms with Crippen LogP contribution in [0.4, 0.5) is 17.3 Å². The summed E-state index contributed by atoms with van der Waals surface area (Å²) in [6.45, 7) is 3.24. The number of hydrogen-bond acceptors (Lipinski definition) is 8. The highest BCUT2D eigenvalue weighted by molar-refractivity contribution is 5.70. The van der Waals surface area contributed by atoms with Crippen LogP contribution in [-0.4, -0.2) is 72.3 Å². The standard InChI is InChI=1S/C16H26N6O3/c1-20-7-5-12(6-8-20)21(2)16-14(22(23)24)15(18-11-19-16)17-10-13-4-3-9-25-13/h11-13H,3-10H2,1-2H3,(H,17,18,19). The van der Waals surface area contributed by atoms with Crippen molar-refractivity contribution in [2.45, 2.75) is 37.8 Å². The Morgan fingerprint density at radius 3 is 2.80 bits per heavy atom. The van der Waals surface area contributed by atoms with Gasteiger partial charge in [-0.1, -0.05) is 0 Å². The van der Waals surface area contributed by atoms with Gasteiger partial charge in [0.25, 0.3) is 0 Å². The molecule has 0 saturated carbocycles. The molecule has 2 saturated heterocycles. The Kier molecular flexibility index (Phi) is 5.64. The molecule has 0 radical (unpaired) electrons. The van der Waals surface area contributed by atoms with Crippen LogP contribution in [0.1, 0.15) is 25.7 Å². The lowest BCUT2D eigenvalue weighted by Gasteiger charge is -2.35. The Morgan fingerprint density at radius 1 is 1.40 bits per heavy atom. The van der Waals surface area contributed by atoms with Gasteiger partial charge in [-0.3, -0.25) is 10.1 Å². The Morgan fingerprint density at radius 2 is 2.16 bits per heavy atom. The third-order valence-corrected chi connectivity index (χ3v) is 5.08. The molecule has 9 heteroatoms. The molecule has 2 fully saturated rings. The normalized spacial score (nSPS) is 22.1. The highest BCUT2D eigenvalue weighted by Gasteiger charge is 2.30. The van der Waals surface area contributed by atoms with E-state index in [0.717, 1.165) is 45.4 Å². The number of likely N-dealkylation sites (tertiary alicyclic amines) is 1. The molecule has 138 valence electrons. The van der Waals surface area contributed by atoms with Crippen LogP contribution >= 0.6 is 0 Å². The number of rotatable bonds is 6. The van der Waals surface area contributed by atoms with Gasteiger partial charge in [0, 0.05) is 26.2 Å².